The van der Waals surface area contributed by atoms with Crippen molar-refractivity contribution in [3.8, 4) is 11.4 Å². The van der Waals surface area contributed by atoms with E-state index in [2.05, 4.69) is 155 Å². The number of fused-ring (bicyclic) bond motifs is 8. The number of benzene rings is 7. The quantitative estimate of drug-likeness (QED) is 0.164. The largest absolute Gasteiger partial charge is 0.309 e. The molecule has 49 heavy (non-hydrogen) atoms. The van der Waals surface area contributed by atoms with Gasteiger partial charge in [-0.05, 0) is 54.8 Å². The maximum Gasteiger partial charge on any atom is 0.0705 e. The van der Waals surface area contributed by atoms with Crippen LogP contribution in [0.25, 0.3) is 71.5 Å². The smallest absolute Gasteiger partial charge is 0.0705 e. The molecule has 0 saturated carbocycles. The summed E-state index contributed by atoms with van der Waals surface area (Å²) in [5.74, 6) is 0. The van der Waals surface area contributed by atoms with Crippen molar-refractivity contribution in [1.29, 1.82) is 0 Å². The van der Waals surface area contributed by atoms with Gasteiger partial charge >= 0.3 is 0 Å². The second kappa shape index (κ2) is 11.7. The predicted molar refractivity (Wildman–Crippen MR) is 209 cm³/mol. The first kappa shape index (κ1) is 28.7. The van der Waals surface area contributed by atoms with E-state index in [1.165, 1.54) is 49.0 Å². The van der Waals surface area contributed by atoms with Crippen LogP contribution in [-0.4, -0.2) is 14.8 Å². The maximum atomic E-state index is 5.01. The highest BCUT2D eigenvalue weighted by atomic mass is 15.0. The number of para-hydroxylation sites is 2. The molecule has 0 bridgehead atoms. The fourth-order valence-corrected chi connectivity index (χ4v) is 7.44. The molecule has 0 saturated heterocycles. The van der Waals surface area contributed by atoms with E-state index >= 15 is 0 Å². The SMILES string of the molecule is C=C(N=C(/C=C\C)c1ccccc1)c1cccc(-n2c3ccccc3c3c2ccc2c4ccccc4n(-c4cccc5ccccc45)c23)c1. The molecule has 0 aliphatic rings. The van der Waals surface area contributed by atoms with Crippen LogP contribution in [0.1, 0.15) is 18.1 Å². The minimum absolute atomic E-state index is 0.720. The summed E-state index contributed by atoms with van der Waals surface area (Å²) in [5.41, 5.74) is 10.6. The Kier molecular flexibility index (Phi) is 6.84. The Morgan fingerprint density at radius 3 is 2.02 bits per heavy atom. The summed E-state index contributed by atoms with van der Waals surface area (Å²) in [4.78, 5) is 5.01. The molecular formula is C46H33N3. The second-order valence-corrected chi connectivity index (χ2v) is 12.4. The molecule has 3 nitrogen and oxygen atoms in total. The lowest BCUT2D eigenvalue weighted by atomic mass is 10.1. The van der Waals surface area contributed by atoms with Crippen LogP contribution in [0.15, 0.2) is 181 Å². The zero-order valence-electron chi connectivity index (χ0n) is 27.2. The highest BCUT2D eigenvalue weighted by Crippen LogP contribution is 2.43. The van der Waals surface area contributed by atoms with Gasteiger partial charge in [0, 0.05) is 43.7 Å². The Morgan fingerprint density at radius 2 is 1.20 bits per heavy atom. The minimum Gasteiger partial charge on any atom is -0.309 e. The fourth-order valence-electron chi connectivity index (χ4n) is 7.44. The van der Waals surface area contributed by atoms with E-state index in [1.54, 1.807) is 0 Å². The zero-order valence-corrected chi connectivity index (χ0v) is 27.2. The highest BCUT2D eigenvalue weighted by molar-refractivity contribution is 6.26. The first-order chi connectivity index (χ1) is 24.2. The number of rotatable bonds is 6. The summed E-state index contributed by atoms with van der Waals surface area (Å²) < 4.78 is 4.87. The number of allylic oxidation sites excluding steroid dienone is 2. The summed E-state index contributed by atoms with van der Waals surface area (Å²) in [5, 5.41) is 7.40. The van der Waals surface area contributed by atoms with Crippen molar-refractivity contribution in [2.45, 2.75) is 6.92 Å². The van der Waals surface area contributed by atoms with Crippen LogP contribution in [-0.2, 0) is 0 Å². The molecule has 0 aliphatic heterocycles. The molecule has 0 amide bonds. The third-order valence-electron chi connectivity index (χ3n) is 9.56. The Morgan fingerprint density at radius 1 is 0.551 bits per heavy atom. The predicted octanol–water partition coefficient (Wildman–Crippen LogP) is 12.1. The van der Waals surface area contributed by atoms with Gasteiger partial charge in [0.1, 0.15) is 0 Å². The van der Waals surface area contributed by atoms with Crippen molar-refractivity contribution in [3.63, 3.8) is 0 Å². The van der Waals surface area contributed by atoms with E-state index < -0.39 is 0 Å². The lowest BCUT2D eigenvalue weighted by Crippen LogP contribution is -1.98. The summed E-state index contributed by atoms with van der Waals surface area (Å²) in [6.45, 7) is 6.44. The summed E-state index contributed by atoms with van der Waals surface area (Å²) >= 11 is 0. The summed E-state index contributed by atoms with van der Waals surface area (Å²) in [7, 11) is 0. The van der Waals surface area contributed by atoms with Crippen LogP contribution in [0.5, 0.6) is 0 Å². The number of aromatic nitrogens is 2. The molecule has 0 spiro atoms. The third kappa shape index (κ3) is 4.62. The van der Waals surface area contributed by atoms with Crippen molar-refractivity contribution in [2.75, 3.05) is 0 Å². The monoisotopic (exact) mass is 627 g/mol. The molecule has 0 aliphatic carbocycles. The van der Waals surface area contributed by atoms with Gasteiger partial charge in [0.25, 0.3) is 0 Å². The van der Waals surface area contributed by atoms with Gasteiger partial charge in [-0.3, -0.25) is 0 Å². The average Bonchev–Trinajstić information content (AvgIpc) is 3.68. The number of hydrogen-bond donors (Lipinski definition) is 0. The molecule has 7 aromatic carbocycles. The highest BCUT2D eigenvalue weighted by Gasteiger charge is 2.21. The van der Waals surface area contributed by atoms with Gasteiger partial charge in [-0.25, -0.2) is 4.99 Å². The maximum absolute atomic E-state index is 5.01. The van der Waals surface area contributed by atoms with Crippen LogP contribution in [0, 0.1) is 0 Å². The lowest BCUT2D eigenvalue weighted by Gasteiger charge is -2.13. The Labute approximate surface area is 285 Å². The number of hydrogen-bond acceptors (Lipinski definition) is 1. The van der Waals surface area contributed by atoms with Crippen molar-refractivity contribution >= 4 is 65.8 Å². The normalized spacial score (nSPS) is 12.3. The van der Waals surface area contributed by atoms with E-state index in [1.807, 2.05) is 37.3 Å². The van der Waals surface area contributed by atoms with E-state index in [9.17, 15) is 0 Å². The van der Waals surface area contributed by atoms with Gasteiger partial charge in [-0.15, -0.1) is 0 Å². The molecule has 232 valence electrons. The number of aliphatic imine (C=N–C) groups is 1. The van der Waals surface area contributed by atoms with Gasteiger partial charge < -0.3 is 9.13 Å². The average molecular weight is 628 g/mol. The molecule has 0 fully saturated rings. The standard InChI is InChI=1S/C46H33N3/c1-3-15-40(33-17-5-4-6-18-33)47-31(2)34-20-13-21-35(30-34)48-43-26-12-10-24-39(43)45-44(48)29-28-38-37-23-9-11-25-42(37)49(46(38)45)41-27-14-19-32-16-7-8-22-36(32)41/h3-30H,2H2,1H3/b15-3-,47-40?. The van der Waals surface area contributed by atoms with Crippen LogP contribution < -0.4 is 0 Å². The second-order valence-electron chi connectivity index (χ2n) is 12.4. The van der Waals surface area contributed by atoms with E-state index in [0.29, 0.717) is 0 Å². The van der Waals surface area contributed by atoms with Gasteiger partial charge in [0.2, 0.25) is 0 Å². The lowest BCUT2D eigenvalue weighted by molar-refractivity contribution is 1.17. The van der Waals surface area contributed by atoms with E-state index in [4.69, 9.17) is 4.99 Å². The molecule has 0 radical (unpaired) electrons. The van der Waals surface area contributed by atoms with Crippen molar-refractivity contribution in [1.82, 2.24) is 9.13 Å². The molecular weight excluding hydrogens is 595 g/mol. The first-order valence-electron chi connectivity index (χ1n) is 16.7. The van der Waals surface area contributed by atoms with Crippen molar-refractivity contribution < 1.29 is 0 Å². The van der Waals surface area contributed by atoms with E-state index in [-0.39, 0.29) is 0 Å². The molecule has 2 aromatic heterocycles. The molecule has 2 heterocycles. The van der Waals surface area contributed by atoms with E-state index in [0.717, 1.165) is 39.3 Å². The Hall–Kier alpha value is -6.45. The zero-order chi connectivity index (χ0) is 32.9. The topological polar surface area (TPSA) is 22.2 Å². The van der Waals surface area contributed by atoms with Crippen LogP contribution >= 0.6 is 0 Å². The molecule has 0 N–H and O–H groups in total. The fraction of sp³-hybridized carbons (Fsp3) is 0.0217. The molecule has 3 heteroatoms. The molecule has 0 unspecified atom stereocenters. The molecule has 9 aromatic rings. The van der Waals surface area contributed by atoms with Crippen LogP contribution in [0.4, 0.5) is 0 Å². The first-order valence-corrected chi connectivity index (χ1v) is 16.7. The summed E-state index contributed by atoms with van der Waals surface area (Å²) in [6, 6.07) is 56.3. The van der Waals surface area contributed by atoms with Crippen molar-refractivity contribution in [2.24, 2.45) is 4.99 Å². The number of nitrogens with zero attached hydrogens (tertiary/aromatic N) is 3. The third-order valence-corrected chi connectivity index (χ3v) is 9.56. The van der Waals surface area contributed by atoms with Gasteiger partial charge in [-0.1, -0.05) is 134 Å². The molecule has 0 atom stereocenters. The Bertz CT molecular complexity index is 2790. The minimum atomic E-state index is 0.720. The van der Waals surface area contributed by atoms with Gasteiger partial charge in [0.05, 0.1) is 39.2 Å². The van der Waals surface area contributed by atoms with Gasteiger partial charge in [0.15, 0.2) is 0 Å². The Balaban J connectivity index is 1.31. The van der Waals surface area contributed by atoms with Gasteiger partial charge in [-0.2, -0.15) is 0 Å². The van der Waals surface area contributed by atoms with Crippen LogP contribution in [0.3, 0.4) is 0 Å². The van der Waals surface area contributed by atoms with Crippen molar-refractivity contribution in [3.05, 3.63) is 188 Å². The molecule has 9 rings (SSSR count). The summed E-state index contributed by atoms with van der Waals surface area (Å²) in [6.07, 6.45) is 4.06. The van der Waals surface area contributed by atoms with Crippen LogP contribution in [0.2, 0.25) is 0 Å².